The summed E-state index contributed by atoms with van der Waals surface area (Å²) in [6, 6.07) is 7.53. The Labute approximate surface area is 116 Å². The molecule has 0 saturated heterocycles. The number of carbonyl (C=O) groups excluding carboxylic acids is 1. The molecule has 0 saturated carbocycles. The number of hydrogen-bond donors (Lipinski definition) is 2. The summed E-state index contributed by atoms with van der Waals surface area (Å²) in [7, 11) is 0. The highest BCUT2D eigenvalue weighted by Gasteiger charge is 2.00. The lowest BCUT2D eigenvalue weighted by molar-refractivity contribution is -0.111. The largest absolute Gasteiger partial charge is 0.491 e. The van der Waals surface area contributed by atoms with Crippen molar-refractivity contribution in [3.63, 3.8) is 0 Å². The van der Waals surface area contributed by atoms with Crippen molar-refractivity contribution in [2.75, 3.05) is 5.32 Å². The summed E-state index contributed by atoms with van der Waals surface area (Å²) < 4.78 is 5.59. The molecule has 0 spiro atoms. The lowest BCUT2D eigenvalue weighted by atomic mass is 10.2. The quantitative estimate of drug-likeness (QED) is 0.818. The van der Waals surface area contributed by atoms with Gasteiger partial charge in [-0.05, 0) is 37.6 Å². The lowest BCUT2D eigenvalue weighted by Gasteiger charge is -2.09. The number of benzene rings is 1. The van der Waals surface area contributed by atoms with E-state index in [-0.39, 0.29) is 12.0 Å². The topological polar surface area (TPSA) is 79.9 Å². The van der Waals surface area contributed by atoms with Crippen LogP contribution in [0.1, 0.15) is 19.4 Å². The number of hydrogen-bond acceptors (Lipinski definition) is 4. The number of nitrogens with one attached hydrogen (secondary N) is 2. The van der Waals surface area contributed by atoms with Crippen LogP contribution in [0.2, 0.25) is 0 Å². The molecule has 0 aliphatic heterocycles. The van der Waals surface area contributed by atoms with Crippen molar-refractivity contribution >= 4 is 17.9 Å². The Kier molecular flexibility index (Phi) is 4.49. The second kappa shape index (κ2) is 6.51. The van der Waals surface area contributed by atoms with Gasteiger partial charge in [0.05, 0.1) is 6.10 Å². The standard InChI is InChI=1S/C14H16N4O2/c1-10(2)20-12-5-3-4-11(8-12)6-7-13(19)17-14-15-9-16-18-14/h3-10H,1-2H3,(H2,15,16,17,18,19)/b7-6+. The molecule has 1 aromatic carbocycles. The maximum Gasteiger partial charge on any atom is 0.250 e. The molecule has 2 N–H and O–H groups in total. The maximum atomic E-state index is 11.6. The van der Waals surface area contributed by atoms with Gasteiger partial charge in [0.1, 0.15) is 12.1 Å². The molecule has 0 radical (unpaired) electrons. The predicted octanol–water partition coefficient (Wildman–Crippen LogP) is 2.24. The van der Waals surface area contributed by atoms with Gasteiger partial charge >= 0.3 is 0 Å². The fourth-order valence-corrected chi connectivity index (χ4v) is 1.56. The third-order valence-corrected chi connectivity index (χ3v) is 2.31. The number of carbonyl (C=O) groups is 1. The van der Waals surface area contributed by atoms with Crippen molar-refractivity contribution in [1.82, 2.24) is 15.2 Å². The summed E-state index contributed by atoms with van der Waals surface area (Å²) in [6.07, 6.45) is 4.58. The smallest absolute Gasteiger partial charge is 0.250 e. The zero-order valence-corrected chi connectivity index (χ0v) is 11.3. The Hall–Kier alpha value is -2.63. The summed E-state index contributed by atoms with van der Waals surface area (Å²) >= 11 is 0. The first-order valence-electron chi connectivity index (χ1n) is 6.24. The number of amides is 1. The molecule has 6 nitrogen and oxygen atoms in total. The molecule has 2 rings (SSSR count). The number of rotatable bonds is 5. The van der Waals surface area contributed by atoms with Crippen molar-refractivity contribution in [3.05, 3.63) is 42.2 Å². The highest BCUT2D eigenvalue weighted by atomic mass is 16.5. The van der Waals surface area contributed by atoms with Crippen LogP contribution in [0.3, 0.4) is 0 Å². The molecule has 2 aromatic rings. The van der Waals surface area contributed by atoms with E-state index in [4.69, 9.17) is 4.74 Å². The van der Waals surface area contributed by atoms with Crippen molar-refractivity contribution in [2.45, 2.75) is 20.0 Å². The summed E-state index contributed by atoms with van der Waals surface area (Å²) in [5, 5.41) is 8.74. The third-order valence-electron chi connectivity index (χ3n) is 2.31. The second-order valence-electron chi connectivity index (χ2n) is 4.40. The van der Waals surface area contributed by atoms with Crippen molar-refractivity contribution in [3.8, 4) is 5.75 Å². The molecule has 1 heterocycles. The first-order valence-corrected chi connectivity index (χ1v) is 6.24. The molecule has 0 atom stereocenters. The number of anilines is 1. The predicted molar refractivity (Wildman–Crippen MR) is 76.3 cm³/mol. The van der Waals surface area contributed by atoms with Crippen LogP contribution in [0.25, 0.3) is 6.08 Å². The molecule has 0 aliphatic carbocycles. The minimum Gasteiger partial charge on any atom is -0.491 e. The molecule has 1 aromatic heterocycles. The summed E-state index contributed by atoms with van der Waals surface area (Å²) in [5.74, 6) is 0.811. The molecule has 1 amide bonds. The van der Waals surface area contributed by atoms with E-state index in [9.17, 15) is 4.79 Å². The molecule has 6 heteroatoms. The highest BCUT2D eigenvalue weighted by molar-refractivity contribution is 6.00. The van der Waals surface area contributed by atoms with E-state index in [2.05, 4.69) is 20.5 Å². The minimum atomic E-state index is -0.281. The Morgan fingerprint density at radius 3 is 3.00 bits per heavy atom. The van der Waals surface area contributed by atoms with E-state index in [0.29, 0.717) is 5.95 Å². The van der Waals surface area contributed by atoms with Crippen molar-refractivity contribution in [1.29, 1.82) is 0 Å². The Morgan fingerprint density at radius 2 is 2.30 bits per heavy atom. The Morgan fingerprint density at radius 1 is 1.45 bits per heavy atom. The van der Waals surface area contributed by atoms with Gasteiger partial charge in [-0.1, -0.05) is 12.1 Å². The van der Waals surface area contributed by atoms with Gasteiger partial charge in [-0.3, -0.25) is 10.1 Å². The van der Waals surface area contributed by atoms with E-state index in [0.717, 1.165) is 11.3 Å². The van der Waals surface area contributed by atoms with Gasteiger partial charge in [-0.15, -0.1) is 0 Å². The van der Waals surface area contributed by atoms with E-state index in [1.165, 1.54) is 12.4 Å². The number of aromatic nitrogens is 3. The molecular formula is C14H16N4O2. The monoisotopic (exact) mass is 272 g/mol. The summed E-state index contributed by atoms with van der Waals surface area (Å²) in [5.41, 5.74) is 0.885. The Bertz CT molecular complexity index is 591. The molecular weight excluding hydrogens is 256 g/mol. The van der Waals surface area contributed by atoms with Crippen molar-refractivity contribution < 1.29 is 9.53 Å². The van der Waals surface area contributed by atoms with Gasteiger partial charge in [0.15, 0.2) is 0 Å². The number of ether oxygens (including phenoxy) is 1. The second-order valence-corrected chi connectivity index (χ2v) is 4.40. The van der Waals surface area contributed by atoms with Crippen LogP contribution in [0.5, 0.6) is 5.75 Å². The van der Waals surface area contributed by atoms with E-state index < -0.39 is 0 Å². The van der Waals surface area contributed by atoms with Gasteiger partial charge in [0.2, 0.25) is 5.95 Å². The van der Waals surface area contributed by atoms with E-state index in [1.54, 1.807) is 6.08 Å². The maximum absolute atomic E-state index is 11.6. The molecule has 20 heavy (non-hydrogen) atoms. The number of H-pyrrole nitrogens is 1. The molecule has 0 aliphatic rings. The number of nitrogens with zero attached hydrogens (tertiary/aromatic N) is 2. The molecule has 104 valence electrons. The van der Waals surface area contributed by atoms with Crippen molar-refractivity contribution in [2.24, 2.45) is 0 Å². The zero-order valence-electron chi connectivity index (χ0n) is 11.3. The third kappa shape index (κ3) is 4.24. The van der Waals surface area contributed by atoms with E-state index >= 15 is 0 Å². The van der Waals surface area contributed by atoms with Gasteiger partial charge in [0, 0.05) is 6.08 Å². The molecule has 0 unspecified atom stereocenters. The van der Waals surface area contributed by atoms with Crippen LogP contribution in [-0.4, -0.2) is 27.2 Å². The molecule has 0 fully saturated rings. The van der Waals surface area contributed by atoms with Gasteiger partial charge in [0.25, 0.3) is 5.91 Å². The van der Waals surface area contributed by atoms with Gasteiger partial charge < -0.3 is 4.74 Å². The van der Waals surface area contributed by atoms with E-state index in [1.807, 2.05) is 38.1 Å². The fourth-order valence-electron chi connectivity index (χ4n) is 1.56. The molecule has 0 bridgehead atoms. The average Bonchev–Trinajstić information content (AvgIpc) is 2.89. The average molecular weight is 272 g/mol. The summed E-state index contributed by atoms with van der Waals surface area (Å²) in [4.78, 5) is 15.4. The van der Waals surface area contributed by atoms with Gasteiger partial charge in [-0.25, -0.2) is 5.10 Å². The van der Waals surface area contributed by atoms with Crippen LogP contribution < -0.4 is 10.1 Å². The highest BCUT2D eigenvalue weighted by Crippen LogP contribution is 2.15. The van der Waals surface area contributed by atoms with Crippen LogP contribution in [-0.2, 0) is 4.79 Å². The fraction of sp³-hybridized carbons (Fsp3) is 0.214. The van der Waals surface area contributed by atoms with Crippen LogP contribution in [0.15, 0.2) is 36.7 Å². The minimum absolute atomic E-state index is 0.115. The SMILES string of the molecule is CC(C)Oc1cccc(/C=C/C(=O)Nc2ncn[nH]2)c1. The zero-order chi connectivity index (χ0) is 14.4. The van der Waals surface area contributed by atoms with Gasteiger partial charge in [-0.2, -0.15) is 10.1 Å². The number of aromatic amines is 1. The van der Waals surface area contributed by atoms with Crippen LogP contribution in [0, 0.1) is 0 Å². The Balaban J connectivity index is 1.98. The first kappa shape index (κ1) is 13.8. The summed E-state index contributed by atoms with van der Waals surface area (Å²) in [6.45, 7) is 3.93. The van der Waals surface area contributed by atoms with Crippen LogP contribution in [0.4, 0.5) is 5.95 Å². The lowest BCUT2D eigenvalue weighted by Crippen LogP contribution is -2.09. The normalized spacial score (nSPS) is 10.9. The first-order chi connectivity index (χ1) is 9.63. The van der Waals surface area contributed by atoms with Crippen LogP contribution >= 0.6 is 0 Å².